The number of hydrogen-bond donors (Lipinski definition) is 0. The van der Waals surface area contributed by atoms with Crippen molar-refractivity contribution in [3.63, 3.8) is 0 Å². The molecule has 0 bridgehead atoms. The fraction of sp³-hybridized carbons (Fsp3) is 0.545. The highest BCUT2D eigenvalue weighted by Crippen LogP contribution is 2.47. The fourth-order valence-corrected chi connectivity index (χ4v) is 4.01. The van der Waals surface area contributed by atoms with Gasteiger partial charge in [0.25, 0.3) is 0 Å². The van der Waals surface area contributed by atoms with Crippen LogP contribution in [0.15, 0.2) is 35.5 Å². The Morgan fingerprint density at radius 3 is 2.53 bits per heavy atom. The van der Waals surface area contributed by atoms with E-state index in [0.717, 1.165) is 0 Å². The minimum atomic E-state index is -1.02. The molecule has 30 heavy (non-hydrogen) atoms. The summed E-state index contributed by atoms with van der Waals surface area (Å²) in [5.41, 5.74) is 0.0604. The van der Waals surface area contributed by atoms with E-state index >= 15 is 0 Å². The van der Waals surface area contributed by atoms with Gasteiger partial charge in [-0.15, -0.1) is 0 Å². The molecular formula is C22H26O8. The van der Waals surface area contributed by atoms with Crippen LogP contribution in [0, 0.1) is 5.92 Å². The smallest absolute Gasteiger partial charge is 0.334 e. The van der Waals surface area contributed by atoms with Crippen LogP contribution in [0.25, 0.3) is 0 Å². The van der Waals surface area contributed by atoms with Gasteiger partial charge in [-0.3, -0.25) is 9.59 Å². The molecule has 1 aliphatic carbocycles. The van der Waals surface area contributed by atoms with Crippen molar-refractivity contribution in [3.8, 4) is 0 Å². The maximum atomic E-state index is 12.6. The summed E-state index contributed by atoms with van der Waals surface area (Å²) in [5.74, 6) is -2.89. The lowest BCUT2D eigenvalue weighted by atomic mass is 9.80. The first-order valence-electron chi connectivity index (χ1n) is 9.79. The summed E-state index contributed by atoms with van der Waals surface area (Å²) in [7, 11) is 0. The molecule has 0 saturated carbocycles. The minimum absolute atomic E-state index is 0.119. The molecule has 0 radical (unpaired) electrons. The van der Waals surface area contributed by atoms with Gasteiger partial charge >= 0.3 is 17.9 Å². The quantitative estimate of drug-likeness (QED) is 0.296. The monoisotopic (exact) mass is 418 g/mol. The van der Waals surface area contributed by atoms with Gasteiger partial charge < -0.3 is 18.9 Å². The van der Waals surface area contributed by atoms with Gasteiger partial charge in [0.2, 0.25) is 0 Å². The molecule has 2 heterocycles. The van der Waals surface area contributed by atoms with Crippen LogP contribution in [-0.2, 0) is 38.1 Å². The largest absolute Gasteiger partial charge is 0.458 e. The average molecular weight is 418 g/mol. The zero-order valence-electron chi connectivity index (χ0n) is 17.7. The van der Waals surface area contributed by atoms with Gasteiger partial charge in [-0.25, -0.2) is 9.59 Å². The van der Waals surface area contributed by atoms with E-state index < -0.39 is 53.8 Å². The van der Waals surface area contributed by atoms with Crippen molar-refractivity contribution in [1.82, 2.24) is 0 Å². The third-order valence-corrected chi connectivity index (χ3v) is 5.83. The summed E-state index contributed by atoms with van der Waals surface area (Å²) in [6.07, 6.45) is -0.469. The first kappa shape index (κ1) is 22.0. The molecule has 0 aromatic rings. The van der Waals surface area contributed by atoms with Crippen LogP contribution in [0.2, 0.25) is 0 Å². The van der Waals surface area contributed by atoms with E-state index in [4.69, 9.17) is 18.9 Å². The molecule has 3 rings (SSSR count). The maximum absolute atomic E-state index is 12.6. The molecule has 0 spiro atoms. The summed E-state index contributed by atoms with van der Waals surface area (Å²) >= 11 is 0. The second-order valence-corrected chi connectivity index (χ2v) is 8.17. The number of carbonyl (C=O) groups excluding carboxylic acids is 4. The molecule has 0 amide bonds. The number of rotatable bonds is 3. The van der Waals surface area contributed by atoms with Crippen LogP contribution >= 0.6 is 0 Å². The number of allylic oxidation sites excluding steroid dienone is 1. The zero-order chi connectivity index (χ0) is 22.4. The summed E-state index contributed by atoms with van der Waals surface area (Å²) in [4.78, 5) is 49.3. The van der Waals surface area contributed by atoms with Gasteiger partial charge in [-0.05, 0) is 39.3 Å². The molecule has 8 nitrogen and oxygen atoms in total. The summed E-state index contributed by atoms with van der Waals surface area (Å²) < 4.78 is 22.3. The van der Waals surface area contributed by atoms with Crippen LogP contribution in [0.1, 0.15) is 41.0 Å². The van der Waals surface area contributed by atoms with Crippen molar-refractivity contribution in [2.24, 2.45) is 5.92 Å². The number of hydrogen-bond acceptors (Lipinski definition) is 8. The van der Waals surface area contributed by atoms with Crippen LogP contribution in [-0.4, -0.2) is 53.7 Å². The molecule has 0 aromatic heterocycles. The minimum Gasteiger partial charge on any atom is -0.458 e. The molecule has 0 N–H and O–H groups in total. The Balaban J connectivity index is 2.09. The lowest BCUT2D eigenvalue weighted by Gasteiger charge is -2.33. The predicted molar refractivity (Wildman–Crippen MR) is 104 cm³/mol. The second-order valence-electron chi connectivity index (χ2n) is 8.17. The predicted octanol–water partition coefficient (Wildman–Crippen LogP) is 1.97. The molecule has 2 fully saturated rings. The van der Waals surface area contributed by atoms with Gasteiger partial charge in [0.15, 0.2) is 18.0 Å². The Bertz CT molecular complexity index is 882. The highest BCUT2D eigenvalue weighted by molar-refractivity contribution is 5.97. The van der Waals surface area contributed by atoms with Crippen molar-refractivity contribution in [2.45, 2.75) is 71.1 Å². The zero-order valence-corrected chi connectivity index (χ0v) is 17.7. The molecule has 8 heteroatoms. The maximum Gasteiger partial charge on any atom is 0.334 e. The highest BCUT2D eigenvalue weighted by Gasteiger charge is 2.61. The Kier molecular flexibility index (Phi) is 5.73. The van der Waals surface area contributed by atoms with E-state index in [-0.39, 0.29) is 17.8 Å². The van der Waals surface area contributed by atoms with E-state index in [9.17, 15) is 19.2 Å². The normalized spacial score (nSPS) is 37.9. The second kappa shape index (κ2) is 7.83. The van der Waals surface area contributed by atoms with E-state index in [1.54, 1.807) is 33.8 Å². The molecular weight excluding hydrogens is 392 g/mol. The van der Waals surface area contributed by atoms with E-state index in [0.29, 0.717) is 11.1 Å². The molecule has 0 unspecified atom stereocenters. The van der Waals surface area contributed by atoms with Crippen molar-refractivity contribution in [2.75, 3.05) is 0 Å². The SMILES string of the molecule is C=C1C(=O)O[C@@H]2[C@H]1[C@H](OC(=O)/C(C)=C/C)C[C@@]1(C)O[C@@H]1C(=O)/C=C(/C)[C@@H]2OC(C)=O. The van der Waals surface area contributed by atoms with Crippen molar-refractivity contribution >= 4 is 23.7 Å². The molecule has 2 saturated heterocycles. The first-order valence-corrected chi connectivity index (χ1v) is 9.79. The molecule has 2 aliphatic heterocycles. The molecule has 3 aliphatic rings. The van der Waals surface area contributed by atoms with Crippen molar-refractivity contribution in [1.29, 1.82) is 0 Å². The highest BCUT2D eigenvalue weighted by atomic mass is 16.6. The summed E-state index contributed by atoms with van der Waals surface area (Å²) in [6, 6.07) is 0. The number of epoxide rings is 1. The first-order chi connectivity index (χ1) is 14.0. The molecule has 162 valence electrons. The number of fused-ring (bicyclic) bond motifs is 2. The Morgan fingerprint density at radius 1 is 1.27 bits per heavy atom. The number of carbonyl (C=O) groups is 4. The molecule has 0 aromatic carbocycles. The van der Waals surface area contributed by atoms with E-state index in [2.05, 4.69) is 6.58 Å². The van der Waals surface area contributed by atoms with Gasteiger partial charge in [0.1, 0.15) is 17.8 Å². The standard InChI is InChI=1S/C22H26O8/c1-7-10(2)20(25)28-15-9-22(6)19(30-22)14(24)8-11(3)17(27-13(5)23)18-16(15)12(4)21(26)29-18/h7-8,15-19H,4,9H2,1-3,5-6H3/b10-7+,11-8-/t15-,16-,17+,18-,19-,22-/m1/s1. The topological polar surface area (TPSA) is 108 Å². The van der Waals surface area contributed by atoms with Crippen LogP contribution < -0.4 is 0 Å². The number of esters is 3. The third-order valence-electron chi connectivity index (χ3n) is 5.83. The van der Waals surface area contributed by atoms with Crippen LogP contribution in [0.4, 0.5) is 0 Å². The van der Waals surface area contributed by atoms with Crippen molar-refractivity contribution in [3.05, 3.63) is 35.5 Å². The van der Waals surface area contributed by atoms with Gasteiger partial charge in [-0.1, -0.05) is 12.7 Å². The Morgan fingerprint density at radius 2 is 1.93 bits per heavy atom. The number of ketones is 1. The summed E-state index contributed by atoms with van der Waals surface area (Å²) in [5, 5.41) is 0. The van der Waals surface area contributed by atoms with Gasteiger partial charge in [-0.2, -0.15) is 0 Å². The van der Waals surface area contributed by atoms with Crippen molar-refractivity contribution < 1.29 is 38.1 Å². The third kappa shape index (κ3) is 3.96. The lowest BCUT2D eigenvalue weighted by molar-refractivity contribution is -0.162. The Hall–Kier alpha value is -2.74. The summed E-state index contributed by atoms with van der Waals surface area (Å²) in [6.45, 7) is 11.7. The number of ether oxygens (including phenoxy) is 4. The van der Waals surface area contributed by atoms with Gasteiger partial charge in [0, 0.05) is 24.5 Å². The van der Waals surface area contributed by atoms with Crippen LogP contribution in [0.5, 0.6) is 0 Å². The van der Waals surface area contributed by atoms with Crippen LogP contribution in [0.3, 0.4) is 0 Å². The van der Waals surface area contributed by atoms with E-state index in [1.165, 1.54) is 13.0 Å². The Labute approximate surface area is 174 Å². The fourth-order valence-electron chi connectivity index (χ4n) is 4.01. The van der Waals surface area contributed by atoms with E-state index in [1.807, 2.05) is 0 Å². The molecule has 6 atom stereocenters. The lowest BCUT2D eigenvalue weighted by Crippen LogP contribution is -2.44. The van der Waals surface area contributed by atoms with Gasteiger partial charge in [0.05, 0.1) is 5.92 Å². The average Bonchev–Trinajstić information content (AvgIpc) is 3.25.